The average Bonchev–Trinajstić information content (AvgIpc) is 2.69. The van der Waals surface area contributed by atoms with E-state index in [1.807, 2.05) is 0 Å². The molecule has 8 nitrogen and oxygen atoms in total. The Balaban J connectivity index is 2.69. The topological polar surface area (TPSA) is 89.0 Å². The van der Waals surface area contributed by atoms with Crippen LogP contribution >= 0.6 is 23.2 Å². The molecule has 0 radical (unpaired) electrons. The second-order valence-corrected chi connectivity index (χ2v) is 8.60. The number of carbonyl (C=O) groups excluding carboxylic acids is 1. The number of pyridine rings is 1. The predicted octanol–water partition coefficient (Wildman–Crippen LogP) is 3.84. The molecule has 0 aliphatic heterocycles. The number of aromatic nitrogens is 1. The Bertz CT molecular complexity index is 1080. The van der Waals surface area contributed by atoms with Crippen molar-refractivity contribution >= 4 is 44.8 Å². The first-order valence-electron chi connectivity index (χ1n) is 8.20. The molecule has 1 aromatic heterocycles. The van der Waals surface area contributed by atoms with Gasteiger partial charge in [-0.3, -0.25) is 9.63 Å². The van der Waals surface area contributed by atoms with Crippen LogP contribution in [-0.4, -0.2) is 52.4 Å². The summed E-state index contributed by atoms with van der Waals surface area (Å²) in [5.41, 5.74) is -1.78. The van der Waals surface area contributed by atoms with Crippen LogP contribution in [0.15, 0.2) is 35.4 Å². The lowest BCUT2D eigenvalue weighted by atomic mass is 10.2. The summed E-state index contributed by atoms with van der Waals surface area (Å²) in [6, 6.07) is 2.91. The summed E-state index contributed by atoms with van der Waals surface area (Å²) in [4.78, 5) is 20.6. The monoisotopic (exact) mass is 501 g/mol. The molecule has 0 fully saturated rings. The zero-order chi connectivity index (χ0) is 23.6. The highest BCUT2D eigenvalue weighted by molar-refractivity contribution is 7.93. The molecule has 0 atom stereocenters. The van der Waals surface area contributed by atoms with E-state index in [1.54, 1.807) is 0 Å². The first-order valence-corrected chi connectivity index (χ1v) is 10.4. The number of benzene rings is 1. The number of sulfonamides is 1. The highest BCUT2D eigenvalue weighted by Crippen LogP contribution is 2.36. The molecule has 1 heterocycles. The Morgan fingerprint density at radius 3 is 2.35 bits per heavy atom. The van der Waals surface area contributed by atoms with Gasteiger partial charge in [-0.05, 0) is 24.3 Å². The second-order valence-electron chi connectivity index (χ2n) is 5.92. The van der Waals surface area contributed by atoms with Crippen molar-refractivity contribution < 1.29 is 36.0 Å². The maximum Gasteiger partial charge on any atom is 0.416 e. The van der Waals surface area contributed by atoms with E-state index >= 15 is 0 Å². The van der Waals surface area contributed by atoms with Crippen molar-refractivity contribution in [2.45, 2.75) is 11.1 Å². The van der Waals surface area contributed by atoms with Gasteiger partial charge in [0, 0.05) is 20.4 Å². The molecule has 2 rings (SSSR count). The fraction of sp³-hybridized carbons (Fsp3) is 0.294. The average molecular weight is 502 g/mol. The predicted molar refractivity (Wildman–Crippen MR) is 106 cm³/mol. The Morgan fingerprint density at radius 1 is 1.19 bits per heavy atom. The van der Waals surface area contributed by atoms with Gasteiger partial charge in [0.05, 0.1) is 28.4 Å². The molecule has 0 aliphatic carbocycles. The molecule has 0 saturated heterocycles. The fourth-order valence-electron chi connectivity index (χ4n) is 2.41. The van der Waals surface area contributed by atoms with Gasteiger partial charge in [-0.25, -0.2) is 22.8 Å². The lowest BCUT2D eigenvalue weighted by molar-refractivity contribution is -0.137. The minimum absolute atomic E-state index is 0.0126. The van der Waals surface area contributed by atoms with Crippen LogP contribution in [-0.2, 0) is 25.8 Å². The number of halogens is 5. The Labute approximate surface area is 186 Å². The minimum Gasteiger partial charge on any atom is -0.363 e. The van der Waals surface area contributed by atoms with Crippen LogP contribution in [0.4, 0.5) is 18.9 Å². The van der Waals surface area contributed by atoms with E-state index in [0.29, 0.717) is 22.5 Å². The van der Waals surface area contributed by atoms with Crippen molar-refractivity contribution in [3.63, 3.8) is 0 Å². The number of amides is 1. The number of rotatable bonds is 7. The van der Waals surface area contributed by atoms with E-state index in [4.69, 9.17) is 32.8 Å². The molecule has 31 heavy (non-hydrogen) atoms. The minimum atomic E-state index is -4.72. The molecule has 0 unspecified atom stereocenters. The smallest absolute Gasteiger partial charge is 0.363 e. The zero-order valence-corrected chi connectivity index (χ0v) is 18.6. The summed E-state index contributed by atoms with van der Waals surface area (Å²) in [5, 5.41) is 0.108. The van der Waals surface area contributed by atoms with Gasteiger partial charge in [0.2, 0.25) is 0 Å². The molecule has 14 heteroatoms. The molecule has 0 spiro atoms. The molecule has 0 N–H and O–H groups in total. The number of hydrogen-bond donors (Lipinski definition) is 0. The lowest BCUT2D eigenvalue weighted by Crippen LogP contribution is -2.36. The van der Waals surface area contributed by atoms with E-state index in [0.717, 1.165) is 17.3 Å². The third-order valence-electron chi connectivity index (χ3n) is 3.94. The number of anilines is 1. The van der Waals surface area contributed by atoms with Gasteiger partial charge in [-0.15, -0.1) is 0 Å². The third-order valence-corrected chi connectivity index (χ3v) is 6.36. The van der Waals surface area contributed by atoms with Gasteiger partial charge in [0.15, 0.2) is 5.69 Å². The molecule has 1 amide bonds. The van der Waals surface area contributed by atoms with Crippen molar-refractivity contribution in [2.24, 2.45) is 0 Å². The molecule has 2 aromatic rings. The second kappa shape index (κ2) is 9.57. The molecular weight excluding hydrogens is 486 g/mol. The summed E-state index contributed by atoms with van der Waals surface area (Å²) in [7, 11) is -0.962. The molecule has 0 aliphatic rings. The lowest BCUT2D eigenvalue weighted by Gasteiger charge is -2.26. The van der Waals surface area contributed by atoms with E-state index in [1.165, 1.54) is 21.3 Å². The van der Waals surface area contributed by atoms with Crippen LogP contribution in [0, 0.1) is 0 Å². The number of methoxy groups -OCH3 is 1. The Hall–Kier alpha value is -2.12. The van der Waals surface area contributed by atoms with Crippen LogP contribution < -0.4 is 4.31 Å². The number of hydrogen-bond acceptors (Lipinski definition) is 6. The fourth-order valence-corrected chi connectivity index (χ4v) is 4.46. The Morgan fingerprint density at radius 2 is 1.84 bits per heavy atom. The van der Waals surface area contributed by atoms with Crippen molar-refractivity contribution in [1.29, 1.82) is 0 Å². The molecule has 0 saturated carbocycles. The summed E-state index contributed by atoms with van der Waals surface area (Å²) in [6.45, 7) is -0.626. The van der Waals surface area contributed by atoms with Crippen LogP contribution in [0.1, 0.15) is 16.1 Å². The third kappa shape index (κ3) is 5.39. The summed E-state index contributed by atoms with van der Waals surface area (Å²) < 4.78 is 70.9. The largest absolute Gasteiger partial charge is 0.416 e. The van der Waals surface area contributed by atoms with E-state index < -0.39 is 44.3 Å². The summed E-state index contributed by atoms with van der Waals surface area (Å²) >= 11 is 11.8. The van der Waals surface area contributed by atoms with Gasteiger partial charge in [-0.1, -0.05) is 23.2 Å². The summed E-state index contributed by atoms with van der Waals surface area (Å²) in [6.07, 6.45) is -3.61. The first kappa shape index (κ1) is 25.1. The molecule has 0 bridgehead atoms. The standard InChI is InChI=1S/C17H16Cl2F3N3O5S/c1-24(30-3)16(26)15-13(7-11(18)8-23-15)25(9-29-2)31(27,28)14-5-4-10(6-12(14)19)17(20,21)22/h4-8H,9H2,1-3H3. The highest BCUT2D eigenvalue weighted by Gasteiger charge is 2.35. The van der Waals surface area contributed by atoms with Crippen molar-refractivity contribution in [1.82, 2.24) is 10.0 Å². The van der Waals surface area contributed by atoms with Crippen molar-refractivity contribution in [3.8, 4) is 0 Å². The maximum atomic E-state index is 13.3. The van der Waals surface area contributed by atoms with Gasteiger partial charge in [0.25, 0.3) is 15.9 Å². The summed E-state index contributed by atoms with van der Waals surface area (Å²) in [5.74, 6) is -0.816. The van der Waals surface area contributed by atoms with Crippen LogP contribution in [0.2, 0.25) is 10.0 Å². The van der Waals surface area contributed by atoms with Gasteiger partial charge >= 0.3 is 6.18 Å². The van der Waals surface area contributed by atoms with E-state index in [2.05, 4.69) is 4.98 Å². The number of alkyl halides is 3. The first-order chi connectivity index (χ1) is 14.3. The number of hydroxylamine groups is 2. The van der Waals surface area contributed by atoms with Crippen LogP contribution in [0.3, 0.4) is 0 Å². The van der Waals surface area contributed by atoms with Gasteiger partial charge < -0.3 is 4.74 Å². The van der Waals surface area contributed by atoms with Crippen LogP contribution in [0.25, 0.3) is 0 Å². The van der Waals surface area contributed by atoms with Gasteiger partial charge in [-0.2, -0.15) is 13.2 Å². The quantitative estimate of drug-likeness (QED) is 0.423. The Kier molecular flexibility index (Phi) is 7.76. The van der Waals surface area contributed by atoms with Crippen LogP contribution in [0.5, 0.6) is 0 Å². The molecular formula is C17H16Cl2F3N3O5S. The van der Waals surface area contributed by atoms with E-state index in [9.17, 15) is 26.4 Å². The van der Waals surface area contributed by atoms with Crippen molar-refractivity contribution in [3.05, 3.63) is 51.8 Å². The maximum absolute atomic E-state index is 13.3. The SMILES string of the molecule is COCN(c1cc(Cl)cnc1C(=O)N(C)OC)S(=O)(=O)c1ccc(C(F)(F)F)cc1Cl. The molecule has 170 valence electrons. The van der Waals surface area contributed by atoms with Gasteiger partial charge in [0.1, 0.15) is 11.6 Å². The van der Waals surface area contributed by atoms with Crippen molar-refractivity contribution in [2.75, 3.05) is 32.3 Å². The zero-order valence-electron chi connectivity index (χ0n) is 16.3. The number of nitrogens with zero attached hydrogens (tertiary/aromatic N) is 3. The highest BCUT2D eigenvalue weighted by atomic mass is 35.5. The van der Waals surface area contributed by atoms with E-state index in [-0.39, 0.29) is 16.4 Å². The number of ether oxygens (including phenoxy) is 1. The number of carbonyl (C=O) groups is 1. The normalized spacial score (nSPS) is 12.0. The molecule has 1 aromatic carbocycles.